The molecule has 3 heterocycles. The van der Waals surface area contributed by atoms with Crippen LogP contribution in [0.5, 0.6) is 0 Å². The van der Waals surface area contributed by atoms with Crippen LogP contribution in [-0.2, 0) is 0 Å². The third-order valence-electron chi connectivity index (χ3n) is 3.37. The Bertz CT molecular complexity index is 1020. The van der Waals surface area contributed by atoms with Crippen LogP contribution in [0.1, 0.15) is 5.69 Å². The molecule has 0 spiro atoms. The van der Waals surface area contributed by atoms with Gasteiger partial charge in [-0.25, -0.2) is 4.98 Å². The summed E-state index contributed by atoms with van der Waals surface area (Å²) in [6.07, 6.45) is 1.55. The quantitative estimate of drug-likeness (QED) is 0.411. The van der Waals surface area contributed by atoms with Crippen LogP contribution < -0.4 is 0 Å². The maximum absolute atomic E-state index is 10.7. The van der Waals surface area contributed by atoms with Crippen LogP contribution in [0.2, 0.25) is 0 Å². The summed E-state index contributed by atoms with van der Waals surface area (Å²) in [6.45, 7) is 1.86. The molecule has 1 aromatic carbocycles. The van der Waals surface area contributed by atoms with Crippen molar-refractivity contribution in [3.63, 3.8) is 0 Å². The minimum atomic E-state index is -0.455. The fourth-order valence-corrected chi connectivity index (χ4v) is 2.22. The van der Waals surface area contributed by atoms with E-state index < -0.39 is 4.92 Å². The maximum atomic E-state index is 10.7. The highest BCUT2D eigenvalue weighted by molar-refractivity contribution is 5.76. The molecule has 0 aliphatic rings. The van der Waals surface area contributed by atoms with E-state index in [9.17, 15) is 10.1 Å². The van der Waals surface area contributed by atoms with Crippen molar-refractivity contribution in [1.82, 2.24) is 24.6 Å². The number of benzene rings is 1. The zero-order valence-corrected chi connectivity index (χ0v) is 11.3. The number of oxazole rings is 1. The smallest absolute Gasteiger partial charge is 0.269 e. The summed E-state index contributed by atoms with van der Waals surface area (Å²) in [5.41, 5.74) is 2.41. The van der Waals surface area contributed by atoms with Gasteiger partial charge < -0.3 is 4.42 Å². The molecule has 108 valence electrons. The fraction of sp³-hybridized carbons (Fsp3) is 0.0769. The van der Waals surface area contributed by atoms with Crippen LogP contribution in [0.3, 0.4) is 0 Å². The lowest BCUT2D eigenvalue weighted by Gasteiger charge is -1.95. The van der Waals surface area contributed by atoms with Gasteiger partial charge in [0.2, 0.25) is 5.89 Å². The number of nitrogens with zero attached hydrogens (tertiary/aromatic N) is 6. The van der Waals surface area contributed by atoms with Crippen molar-refractivity contribution < 1.29 is 9.34 Å². The van der Waals surface area contributed by atoms with Crippen molar-refractivity contribution in [2.75, 3.05) is 0 Å². The molecule has 0 aliphatic heterocycles. The van der Waals surface area contributed by atoms with E-state index in [1.165, 1.54) is 12.1 Å². The Hall–Kier alpha value is -3.36. The molecule has 0 fully saturated rings. The molecule has 0 aliphatic carbocycles. The van der Waals surface area contributed by atoms with Crippen LogP contribution in [0.15, 0.2) is 35.0 Å². The molecule has 4 aromatic rings. The first-order valence-corrected chi connectivity index (χ1v) is 6.35. The summed E-state index contributed by atoms with van der Waals surface area (Å²) in [6, 6.07) is 5.98. The van der Waals surface area contributed by atoms with E-state index in [2.05, 4.69) is 20.2 Å². The van der Waals surface area contributed by atoms with Crippen molar-refractivity contribution >= 4 is 22.7 Å². The van der Waals surface area contributed by atoms with Gasteiger partial charge in [-0.1, -0.05) is 0 Å². The lowest BCUT2D eigenvalue weighted by Crippen LogP contribution is -1.94. The lowest BCUT2D eigenvalue weighted by molar-refractivity contribution is -0.384. The Morgan fingerprint density at radius 2 is 2.00 bits per heavy atom. The van der Waals surface area contributed by atoms with E-state index in [4.69, 9.17) is 4.42 Å². The Morgan fingerprint density at radius 3 is 2.73 bits per heavy atom. The summed E-state index contributed by atoms with van der Waals surface area (Å²) in [4.78, 5) is 18.9. The number of nitro groups is 1. The molecule has 22 heavy (non-hydrogen) atoms. The highest BCUT2D eigenvalue weighted by Crippen LogP contribution is 2.26. The van der Waals surface area contributed by atoms with Crippen LogP contribution >= 0.6 is 0 Å². The van der Waals surface area contributed by atoms with Crippen LogP contribution in [0.4, 0.5) is 5.69 Å². The van der Waals surface area contributed by atoms with E-state index in [0.717, 1.165) is 5.69 Å². The van der Waals surface area contributed by atoms with Gasteiger partial charge in [0.05, 0.1) is 10.6 Å². The summed E-state index contributed by atoms with van der Waals surface area (Å²) in [5, 5.41) is 18.4. The minimum absolute atomic E-state index is 0.0127. The molecule has 0 atom stereocenters. The van der Waals surface area contributed by atoms with Gasteiger partial charge in [0.25, 0.3) is 17.2 Å². The Kier molecular flexibility index (Phi) is 2.43. The normalized spacial score (nSPS) is 11.3. The molecule has 0 saturated carbocycles. The van der Waals surface area contributed by atoms with Crippen molar-refractivity contribution in [2.45, 2.75) is 6.92 Å². The number of non-ortho nitro benzene ring substituents is 1. The third kappa shape index (κ3) is 1.72. The first kappa shape index (κ1) is 12.4. The molecule has 0 bridgehead atoms. The molecule has 0 amide bonds. The average molecular weight is 296 g/mol. The van der Waals surface area contributed by atoms with Crippen LogP contribution in [-0.4, -0.2) is 29.5 Å². The summed E-state index contributed by atoms with van der Waals surface area (Å²) in [7, 11) is 0. The second-order valence-electron chi connectivity index (χ2n) is 4.67. The zero-order chi connectivity index (χ0) is 15.3. The zero-order valence-electron chi connectivity index (χ0n) is 11.3. The molecular formula is C13H8N6O3. The second-order valence-corrected chi connectivity index (χ2v) is 4.67. The number of aryl methyl sites for hydroxylation is 1. The lowest BCUT2D eigenvalue weighted by atomic mass is 10.2. The van der Waals surface area contributed by atoms with Gasteiger partial charge in [-0.3, -0.25) is 14.5 Å². The number of nitro benzene ring substituents is 1. The van der Waals surface area contributed by atoms with Crippen LogP contribution in [0.25, 0.3) is 28.5 Å². The SMILES string of the molecule is Cc1c2nc(-c3ccc([N+](=O)[O-])cc3)oc2nc2nncn12. The molecule has 3 aromatic heterocycles. The molecule has 9 heteroatoms. The van der Waals surface area contributed by atoms with Gasteiger partial charge in [-0.2, -0.15) is 4.98 Å². The van der Waals surface area contributed by atoms with Gasteiger partial charge in [0.1, 0.15) is 11.8 Å². The van der Waals surface area contributed by atoms with E-state index >= 15 is 0 Å². The number of aromatic nitrogens is 5. The van der Waals surface area contributed by atoms with Gasteiger partial charge in [0, 0.05) is 17.7 Å². The summed E-state index contributed by atoms with van der Waals surface area (Å²) in [5.74, 6) is 0.776. The predicted octanol–water partition coefficient (Wildman–Crippen LogP) is 2.15. The van der Waals surface area contributed by atoms with Gasteiger partial charge in [-0.15, -0.1) is 10.2 Å². The highest BCUT2D eigenvalue weighted by Gasteiger charge is 2.15. The molecule has 0 N–H and O–H groups in total. The van der Waals surface area contributed by atoms with Gasteiger partial charge >= 0.3 is 0 Å². The predicted molar refractivity (Wildman–Crippen MR) is 75.2 cm³/mol. The number of fused-ring (bicyclic) bond motifs is 2. The summed E-state index contributed by atoms with van der Waals surface area (Å²) < 4.78 is 7.35. The maximum Gasteiger partial charge on any atom is 0.269 e. The van der Waals surface area contributed by atoms with Gasteiger partial charge in [0.15, 0.2) is 0 Å². The Morgan fingerprint density at radius 1 is 1.23 bits per heavy atom. The number of hydrogen-bond acceptors (Lipinski definition) is 7. The Labute approximate surface area is 122 Å². The minimum Gasteiger partial charge on any atom is -0.417 e. The number of rotatable bonds is 2. The van der Waals surface area contributed by atoms with E-state index in [0.29, 0.717) is 28.5 Å². The second kappa shape index (κ2) is 4.32. The van der Waals surface area contributed by atoms with E-state index in [1.807, 2.05) is 6.92 Å². The molecule has 0 radical (unpaired) electrons. The van der Waals surface area contributed by atoms with Crippen molar-refractivity contribution in [1.29, 1.82) is 0 Å². The molecular weight excluding hydrogens is 288 g/mol. The molecule has 0 unspecified atom stereocenters. The highest BCUT2D eigenvalue weighted by atomic mass is 16.6. The van der Waals surface area contributed by atoms with Crippen LogP contribution in [0, 0.1) is 17.0 Å². The molecule has 4 rings (SSSR count). The largest absolute Gasteiger partial charge is 0.417 e. The summed E-state index contributed by atoms with van der Waals surface area (Å²) >= 11 is 0. The topological polar surface area (TPSA) is 112 Å². The van der Waals surface area contributed by atoms with E-state index in [-0.39, 0.29) is 5.69 Å². The van der Waals surface area contributed by atoms with E-state index in [1.54, 1.807) is 22.9 Å². The third-order valence-corrected chi connectivity index (χ3v) is 3.37. The molecule has 0 saturated heterocycles. The van der Waals surface area contributed by atoms with Crippen molar-refractivity contribution in [2.24, 2.45) is 0 Å². The average Bonchev–Trinajstić information content (AvgIpc) is 3.14. The standard InChI is InChI=1S/C13H8N6O3/c1-7-10-12(16-13-17-14-6-18(7)13)22-11(15-10)8-2-4-9(5-3-8)19(20)21/h2-6H,1H3. The Balaban J connectivity index is 1.88. The van der Waals surface area contributed by atoms with Crippen molar-refractivity contribution in [3.05, 3.63) is 46.4 Å². The van der Waals surface area contributed by atoms with Crippen molar-refractivity contribution in [3.8, 4) is 11.5 Å². The number of hydrogen-bond donors (Lipinski definition) is 0. The van der Waals surface area contributed by atoms with Gasteiger partial charge in [-0.05, 0) is 19.1 Å². The first-order chi connectivity index (χ1) is 10.6. The monoisotopic (exact) mass is 296 g/mol. The molecule has 9 nitrogen and oxygen atoms in total. The first-order valence-electron chi connectivity index (χ1n) is 6.35. The fourth-order valence-electron chi connectivity index (χ4n) is 2.22.